The summed E-state index contributed by atoms with van der Waals surface area (Å²) in [5.74, 6) is 2.30. The lowest BCUT2D eigenvalue weighted by atomic mass is 9.93. The monoisotopic (exact) mass is 216 g/mol. The molecular weight excluding hydrogens is 200 g/mol. The van der Waals surface area contributed by atoms with Crippen LogP contribution < -0.4 is 5.73 Å². The SMILES string of the molecule is NCCN1OC2(CCSCC2)CC1=O. The number of hydroxylamine groups is 2. The highest BCUT2D eigenvalue weighted by Crippen LogP contribution is 2.38. The zero-order valence-electron chi connectivity index (χ0n) is 8.20. The Labute approximate surface area is 88.1 Å². The Morgan fingerprint density at radius 1 is 1.50 bits per heavy atom. The van der Waals surface area contributed by atoms with Gasteiger partial charge < -0.3 is 5.73 Å². The van der Waals surface area contributed by atoms with Crippen LogP contribution in [0.5, 0.6) is 0 Å². The van der Waals surface area contributed by atoms with Crippen LogP contribution >= 0.6 is 11.8 Å². The molecule has 0 radical (unpaired) electrons. The third kappa shape index (κ3) is 1.89. The summed E-state index contributed by atoms with van der Waals surface area (Å²) >= 11 is 1.94. The Morgan fingerprint density at radius 2 is 2.21 bits per heavy atom. The number of thioether (sulfide) groups is 1. The molecular formula is C9H16N2O2S. The number of carbonyl (C=O) groups excluding carboxylic acids is 1. The van der Waals surface area contributed by atoms with E-state index in [4.69, 9.17) is 10.6 Å². The van der Waals surface area contributed by atoms with Crippen molar-refractivity contribution in [1.29, 1.82) is 0 Å². The fraction of sp³-hybridized carbons (Fsp3) is 0.889. The second-order valence-corrected chi connectivity index (χ2v) is 5.07. The van der Waals surface area contributed by atoms with Crippen LogP contribution in [-0.2, 0) is 9.63 Å². The molecule has 0 unspecified atom stereocenters. The van der Waals surface area contributed by atoms with Gasteiger partial charge in [0.1, 0.15) is 5.60 Å². The summed E-state index contributed by atoms with van der Waals surface area (Å²) in [5, 5.41) is 1.45. The van der Waals surface area contributed by atoms with Gasteiger partial charge >= 0.3 is 0 Å². The molecule has 0 aromatic carbocycles. The van der Waals surface area contributed by atoms with E-state index in [0.717, 1.165) is 24.3 Å². The molecule has 0 aromatic rings. The largest absolute Gasteiger partial charge is 0.329 e. The van der Waals surface area contributed by atoms with E-state index in [0.29, 0.717) is 19.5 Å². The first-order valence-electron chi connectivity index (χ1n) is 5.03. The highest BCUT2D eigenvalue weighted by Gasteiger charge is 2.45. The molecule has 1 spiro atoms. The number of nitrogens with two attached hydrogens (primary N) is 1. The summed E-state index contributed by atoms with van der Waals surface area (Å²) < 4.78 is 0. The van der Waals surface area contributed by atoms with Gasteiger partial charge in [-0.2, -0.15) is 11.8 Å². The van der Waals surface area contributed by atoms with E-state index in [1.165, 1.54) is 5.06 Å². The van der Waals surface area contributed by atoms with Gasteiger partial charge in [0.25, 0.3) is 0 Å². The maximum Gasteiger partial charge on any atom is 0.249 e. The molecule has 0 atom stereocenters. The second kappa shape index (κ2) is 4.08. The van der Waals surface area contributed by atoms with Crippen LogP contribution in [-0.4, -0.2) is 41.2 Å². The summed E-state index contributed by atoms with van der Waals surface area (Å²) in [6.45, 7) is 0.990. The summed E-state index contributed by atoms with van der Waals surface area (Å²) in [6, 6.07) is 0. The molecule has 0 saturated carbocycles. The summed E-state index contributed by atoms with van der Waals surface area (Å²) in [7, 11) is 0. The third-order valence-corrected chi connectivity index (χ3v) is 3.78. The van der Waals surface area contributed by atoms with Crippen LogP contribution in [0.15, 0.2) is 0 Å². The van der Waals surface area contributed by atoms with Gasteiger partial charge in [0, 0.05) is 6.54 Å². The maximum atomic E-state index is 11.6. The highest BCUT2D eigenvalue weighted by atomic mass is 32.2. The number of carbonyl (C=O) groups is 1. The number of amides is 1. The molecule has 2 heterocycles. The molecule has 0 aromatic heterocycles. The van der Waals surface area contributed by atoms with Gasteiger partial charge in [-0.25, -0.2) is 5.06 Å². The minimum atomic E-state index is -0.183. The molecule has 2 saturated heterocycles. The molecule has 2 rings (SSSR count). The van der Waals surface area contributed by atoms with Crippen molar-refractivity contribution in [3.05, 3.63) is 0 Å². The van der Waals surface area contributed by atoms with Crippen LogP contribution in [0.1, 0.15) is 19.3 Å². The minimum absolute atomic E-state index is 0.0994. The summed E-state index contributed by atoms with van der Waals surface area (Å²) in [6.07, 6.45) is 2.53. The minimum Gasteiger partial charge on any atom is -0.329 e. The van der Waals surface area contributed by atoms with E-state index >= 15 is 0 Å². The van der Waals surface area contributed by atoms with Gasteiger partial charge in [-0.05, 0) is 24.3 Å². The molecule has 2 aliphatic heterocycles. The first kappa shape index (κ1) is 10.3. The van der Waals surface area contributed by atoms with Gasteiger partial charge in [0.05, 0.1) is 13.0 Å². The lowest BCUT2D eigenvalue weighted by Crippen LogP contribution is -2.36. The normalized spacial score (nSPS) is 26.1. The first-order valence-corrected chi connectivity index (χ1v) is 6.19. The zero-order valence-corrected chi connectivity index (χ0v) is 9.02. The van der Waals surface area contributed by atoms with E-state index in [-0.39, 0.29) is 11.5 Å². The van der Waals surface area contributed by atoms with Crippen molar-refractivity contribution in [2.45, 2.75) is 24.9 Å². The maximum absolute atomic E-state index is 11.6. The molecule has 2 fully saturated rings. The van der Waals surface area contributed by atoms with Gasteiger partial charge in [-0.1, -0.05) is 0 Å². The third-order valence-electron chi connectivity index (χ3n) is 2.79. The lowest BCUT2D eigenvalue weighted by Gasteiger charge is -2.31. The number of rotatable bonds is 2. The second-order valence-electron chi connectivity index (χ2n) is 3.85. The average molecular weight is 216 g/mol. The lowest BCUT2D eigenvalue weighted by molar-refractivity contribution is -0.200. The van der Waals surface area contributed by atoms with Crippen LogP contribution in [0, 0.1) is 0 Å². The Bertz CT molecular complexity index is 229. The van der Waals surface area contributed by atoms with Crippen molar-refractivity contribution in [2.75, 3.05) is 24.6 Å². The van der Waals surface area contributed by atoms with E-state index in [9.17, 15) is 4.79 Å². The van der Waals surface area contributed by atoms with Crippen LogP contribution in [0.3, 0.4) is 0 Å². The van der Waals surface area contributed by atoms with E-state index in [1.807, 2.05) is 11.8 Å². The highest BCUT2D eigenvalue weighted by molar-refractivity contribution is 7.99. The molecule has 14 heavy (non-hydrogen) atoms. The summed E-state index contributed by atoms with van der Waals surface area (Å²) in [4.78, 5) is 17.3. The van der Waals surface area contributed by atoms with Gasteiger partial charge in [-0.15, -0.1) is 0 Å². The predicted molar refractivity (Wildman–Crippen MR) is 55.8 cm³/mol. The number of hydrogen-bond donors (Lipinski definition) is 1. The Balaban J connectivity index is 1.99. The molecule has 0 aliphatic carbocycles. The molecule has 1 amide bonds. The Morgan fingerprint density at radius 3 is 2.86 bits per heavy atom. The first-order chi connectivity index (χ1) is 6.76. The number of hydrogen-bond acceptors (Lipinski definition) is 4. The topological polar surface area (TPSA) is 55.6 Å². The molecule has 80 valence electrons. The fourth-order valence-electron chi connectivity index (χ4n) is 1.98. The van der Waals surface area contributed by atoms with Crippen molar-refractivity contribution in [1.82, 2.24) is 5.06 Å². The van der Waals surface area contributed by atoms with Crippen molar-refractivity contribution < 1.29 is 9.63 Å². The van der Waals surface area contributed by atoms with Crippen molar-refractivity contribution >= 4 is 17.7 Å². The van der Waals surface area contributed by atoms with Gasteiger partial charge in [0.15, 0.2) is 0 Å². The average Bonchev–Trinajstić information content (AvgIpc) is 2.45. The number of nitrogens with zero attached hydrogens (tertiary/aromatic N) is 1. The standard InChI is InChI=1S/C9H16N2O2S/c10-3-4-11-8(12)7-9(13-11)1-5-14-6-2-9/h1-7,10H2. The van der Waals surface area contributed by atoms with Crippen molar-refractivity contribution in [3.63, 3.8) is 0 Å². The van der Waals surface area contributed by atoms with Crippen LogP contribution in [0.4, 0.5) is 0 Å². The summed E-state index contributed by atoms with van der Waals surface area (Å²) in [5.41, 5.74) is 5.23. The molecule has 5 heteroatoms. The van der Waals surface area contributed by atoms with E-state index in [2.05, 4.69) is 0 Å². The smallest absolute Gasteiger partial charge is 0.249 e. The predicted octanol–water partition coefficient (Wildman–Crippen LogP) is 0.375. The van der Waals surface area contributed by atoms with Crippen LogP contribution in [0.2, 0.25) is 0 Å². The Hall–Kier alpha value is -0.260. The quantitative estimate of drug-likeness (QED) is 0.725. The van der Waals surface area contributed by atoms with Crippen molar-refractivity contribution in [2.24, 2.45) is 5.73 Å². The molecule has 2 aliphatic rings. The van der Waals surface area contributed by atoms with Gasteiger partial charge in [-0.3, -0.25) is 9.63 Å². The molecule has 4 nitrogen and oxygen atoms in total. The van der Waals surface area contributed by atoms with Crippen LogP contribution in [0.25, 0.3) is 0 Å². The van der Waals surface area contributed by atoms with E-state index < -0.39 is 0 Å². The molecule has 2 N–H and O–H groups in total. The Kier molecular flexibility index (Phi) is 2.99. The van der Waals surface area contributed by atoms with E-state index in [1.54, 1.807) is 0 Å². The fourth-order valence-corrected chi connectivity index (χ4v) is 3.22. The van der Waals surface area contributed by atoms with Gasteiger partial charge in [0.2, 0.25) is 5.91 Å². The van der Waals surface area contributed by atoms with Crippen molar-refractivity contribution in [3.8, 4) is 0 Å². The zero-order chi connectivity index (χ0) is 10.0. The molecule has 0 bridgehead atoms.